The Morgan fingerprint density at radius 3 is 1.56 bits per heavy atom. The van der Waals surface area contributed by atoms with Crippen LogP contribution in [0.1, 0.15) is 0 Å². The minimum absolute atomic E-state index is 0.0453. The molecule has 1 saturated heterocycles. The van der Waals surface area contributed by atoms with E-state index in [-0.39, 0.29) is 12.2 Å². The number of ether oxygens (including phenoxy) is 2. The summed E-state index contributed by atoms with van der Waals surface area (Å²) in [5.74, 6) is 0. The maximum atomic E-state index is 16.0. The van der Waals surface area contributed by atoms with Crippen molar-refractivity contribution in [1.82, 2.24) is 0 Å². The first-order chi connectivity index (χ1) is 21.1. The lowest BCUT2D eigenvalue weighted by atomic mass is 9.92. The van der Waals surface area contributed by atoms with Crippen molar-refractivity contribution in [2.75, 3.05) is 32.2 Å². The number of fused-ring (bicyclic) bond motifs is 2. The summed E-state index contributed by atoms with van der Waals surface area (Å²) in [7, 11) is 0.184. The third-order valence-corrected chi connectivity index (χ3v) is 11.9. The largest absolute Gasteiger partial charge is 0.377 e. The van der Waals surface area contributed by atoms with Crippen LogP contribution in [-0.4, -0.2) is 39.5 Å². The summed E-state index contributed by atoms with van der Waals surface area (Å²) in [5.41, 5.74) is 3.19. The molecule has 0 aromatic heterocycles. The highest BCUT2D eigenvalue weighted by Gasteiger charge is 2.37. The molecule has 0 amide bonds. The van der Waals surface area contributed by atoms with Crippen LogP contribution in [0.25, 0.3) is 32.7 Å². The van der Waals surface area contributed by atoms with Gasteiger partial charge < -0.3 is 18.9 Å². The van der Waals surface area contributed by atoms with Gasteiger partial charge in [-0.05, 0) is 33.7 Å². The van der Waals surface area contributed by atoms with E-state index in [2.05, 4.69) is 77.7 Å². The van der Waals surface area contributed by atoms with Gasteiger partial charge in [-0.15, -0.1) is 0 Å². The predicted octanol–water partition coefficient (Wildman–Crippen LogP) is 7.15. The summed E-state index contributed by atoms with van der Waals surface area (Å²) in [6.45, 7) is 1.41. The first-order valence-corrected chi connectivity index (χ1v) is 16.4. The molecule has 0 spiro atoms. The molecule has 6 aromatic carbocycles. The van der Waals surface area contributed by atoms with Crippen molar-refractivity contribution in [2.24, 2.45) is 0 Å². The van der Waals surface area contributed by atoms with Crippen molar-refractivity contribution in [3.8, 4) is 11.1 Å². The zero-order chi connectivity index (χ0) is 29.4. The molecule has 4 nitrogen and oxygen atoms in total. The Balaban J connectivity index is 1.61. The summed E-state index contributed by atoms with van der Waals surface area (Å²) in [6.07, 6.45) is -0.0907. The average molecular weight is 584 g/mol. The van der Waals surface area contributed by atoms with Gasteiger partial charge in [-0.25, -0.2) is 0 Å². The molecule has 214 valence electrons. The van der Waals surface area contributed by atoms with Crippen LogP contribution in [0.5, 0.6) is 0 Å². The number of methoxy groups -OCH3 is 2. The smallest absolute Gasteiger partial charge is 0.171 e. The first-order valence-electron chi connectivity index (χ1n) is 14.7. The van der Waals surface area contributed by atoms with Crippen LogP contribution in [0, 0.1) is 0 Å². The van der Waals surface area contributed by atoms with Crippen LogP contribution in [0.15, 0.2) is 133 Å². The van der Waals surface area contributed by atoms with Crippen molar-refractivity contribution in [2.45, 2.75) is 12.2 Å². The number of benzene rings is 6. The molecule has 1 heterocycles. The quantitative estimate of drug-likeness (QED) is 0.187. The SMILES string of the molecule is CO[C@H]1CN(c2ccc3ccccc3c2-c2c(P(=O)(c3ccccc3)c3ccccc3)ccc3ccccc23)C[C@@H]1OC. The Kier molecular flexibility index (Phi) is 7.36. The zero-order valence-electron chi connectivity index (χ0n) is 24.4. The molecule has 0 aliphatic carbocycles. The number of hydrogen-bond acceptors (Lipinski definition) is 4. The van der Waals surface area contributed by atoms with Crippen LogP contribution < -0.4 is 20.8 Å². The molecule has 1 fully saturated rings. The predicted molar refractivity (Wildman–Crippen MR) is 180 cm³/mol. The Bertz CT molecular complexity index is 1900. The number of rotatable bonds is 7. The Labute approximate surface area is 252 Å². The Morgan fingerprint density at radius 1 is 0.558 bits per heavy atom. The number of nitrogens with zero attached hydrogens (tertiary/aromatic N) is 1. The third-order valence-electron chi connectivity index (χ3n) is 8.80. The Morgan fingerprint density at radius 2 is 1.02 bits per heavy atom. The van der Waals surface area contributed by atoms with E-state index in [0.717, 1.165) is 54.3 Å². The molecule has 7 rings (SSSR count). The number of anilines is 1. The van der Waals surface area contributed by atoms with E-state index in [1.54, 1.807) is 14.2 Å². The van der Waals surface area contributed by atoms with Crippen LogP contribution in [0.4, 0.5) is 5.69 Å². The zero-order valence-corrected chi connectivity index (χ0v) is 25.3. The lowest BCUT2D eigenvalue weighted by molar-refractivity contribution is -0.00461. The molecule has 0 bridgehead atoms. The second-order valence-electron chi connectivity index (χ2n) is 11.1. The molecule has 1 aliphatic rings. The van der Waals surface area contributed by atoms with Crippen LogP contribution in [0.2, 0.25) is 0 Å². The molecule has 2 atom stereocenters. The summed E-state index contributed by atoms with van der Waals surface area (Å²) in [5, 5.41) is 6.93. The van der Waals surface area contributed by atoms with Gasteiger partial charge in [0.05, 0.1) is 0 Å². The van der Waals surface area contributed by atoms with Crippen molar-refractivity contribution in [3.05, 3.63) is 133 Å². The summed E-state index contributed by atoms with van der Waals surface area (Å²) >= 11 is 0. The van der Waals surface area contributed by atoms with Crippen LogP contribution in [-0.2, 0) is 14.0 Å². The third kappa shape index (κ3) is 4.67. The summed E-state index contributed by atoms with van der Waals surface area (Å²) < 4.78 is 27.7. The second kappa shape index (κ2) is 11.5. The lowest BCUT2D eigenvalue weighted by Gasteiger charge is -2.28. The average Bonchev–Trinajstić information content (AvgIpc) is 3.51. The topological polar surface area (TPSA) is 38.8 Å². The summed E-state index contributed by atoms with van der Waals surface area (Å²) in [6, 6.07) is 45.5. The fraction of sp³-hybridized carbons (Fsp3) is 0.158. The van der Waals surface area contributed by atoms with E-state index in [1.165, 1.54) is 0 Å². The van der Waals surface area contributed by atoms with Gasteiger partial charge in [0.2, 0.25) is 0 Å². The van der Waals surface area contributed by atoms with E-state index in [9.17, 15) is 0 Å². The Hall–Kier alpha value is -4.21. The molecule has 0 N–H and O–H groups in total. The van der Waals surface area contributed by atoms with Crippen molar-refractivity contribution in [1.29, 1.82) is 0 Å². The molecule has 43 heavy (non-hydrogen) atoms. The normalized spacial score (nSPS) is 17.1. The fourth-order valence-electron chi connectivity index (χ4n) is 6.67. The van der Waals surface area contributed by atoms with Gasteiger partial charge in [-0.1, -0.05) is 121 Å². The lowest BCUT2D eigenvalue weighted by Crippen LogP contribution is -2.27. The molecule has 5 heteroatoms. The van der Waals surface area contributed by atoms with Gasteiger partial charge >= 0.3 is 0 Å². The van der Waals surface area contributed by atoms with Crippen LogP contribution >= 0.6 is 7.14 Å². The van der Waals surface area contributed by atoms with E-state index in [1.807, 2.05) is 60.7 Å². The van der Waals surface area contributed by atoms with E-state index >= 15 is 4.57 Å². The highest BCUT2D eigenvalue weighted by atomic mass is 31.2. The summed E-state index contributed by atoms with van der Waals surface area (Å²) in [4.78, 5) is 2.37. The second-order valence-corrected chi connectivity index (χ2v) is 13.8. The van der Waals surface area contributed by atoms with E-state index in [0.29, 0.717) is 13.1 Å². The standard InChI is InChI=1S/C38H34NO3P/c1-41-34-25-39(26-35(34)42-2)33-23-21-27-13-9-11-19-31(27)37(33)38-32-20-12-10-14-28(32)22-24-36(38)43(40,29-15-5-3-6-16-29)30-17-7-4-8-18-30/h3-24,34-35H,25-26H2,1-2H3/t34-,35-/m0/s1. The van der Waals surface area contributed by atoms with Crippen molar-refractivity contribution >= 4 is 50.3 Å². The van der Waals surface area contributed by atoms with E-state index < -0.39 is 7.14 Å². The maximum Gasteiger partial charge on any atom is 0.171 e. The van der Waals surface area contributed by atoms with Gasteiger partial charge in [0, 0.05) is 60.0 Å². The maximum absolute atomic E-state index is 16.0. The van der Waals surface area contributed by atoms with Gasteiger partial charge in [0.1, 0.15) is 12.2 Å². The molecular formula is C38H34NO3P. The monoisotopic (exact) mass is 583 g/mol. The van der Waals surface area contributed by atoms with Gasteiger partial charge in [0.25, 0.3) is 0 Å². The molecule has 0 unspecified atom stereocenters. The van der Waals surface area contributed by atoms with Gasteiger partial charge in [0.15, 0.2) is 7.14 Å². The minimum Gasteiger partial charge on any atom is -0.377 e. The molecule has 0 radical (unpaired) electrons. The number of hydrogen-bond donors (Lipinski definition) is 0. The fourth-order valence-corrected chi connectivity index (χ4v) is 9.54. The van der Waals surface area contributed by atoms with Gasteiger partial charge in [-0.2, -0.15) is 0 Å². The van der Waals surface area contributed by atoms with Crippen molar-refractivity contribution in [3.63, 3.8) is 0 Å². The molecule has 1 aliphatic heterocycles. The van der Waals surface area contributed by atoms with Crippen LogP contribution in [0.3, 0.4) is 0 Å². The minimum atomic E-state index is -3.32. The van der Waals surface area contributed by atoms with Crippen molar-refractivity contribution < 1.29 is 14.0 Å². The van der Waals surface area contributed by atoms with Gasteiger partial charge in [-0.3, -0.25) is 0 Å². The highest BCUT2D eigenvalue weighted by Crippen LogP contribution is 2.50. The molecule has 0 saturated carbocycles. The molecule has 6 aromatic rings. The molecular weight excluding hydrogens is 549 g/mol. The van der Waals surface area contributed by atoms with E-state index in [4.69, 9.17) is 9.47 Å². The first kappa shape index (κ1) is 27.6. The highest BCUT2D eigenvalue weighted by molar-refractivity contribution is 7.85.